The van der Waals surface area contributed by atoms with E-state index in [-0.39, 0.29) is 11.3 Å². The summed E-state index contributed by atoms with van der Waals surface area (Å²) in [7, 11) is 1.68. The van der Waals surface area contributed by atoms with Crippen LogP contribution in [0.25, 0.3) is 6.08 Å². The first kappa shape index (κ1) is 17.3. The van der Waals surface area contributed by atoms with Gasteiger partial charge in [0.15, 0.2) is 0 Å². The molecule has 1 amide bonds. The summed E-state index contributed by atoms with van der Waals surface area (Å²) in [4.78, 5) is 12.2. The Balaban J connectivity index is 1.65. The number of carbonyl (C=O) groups is 1. The van der Waals surface area contributed by atoms with E-state index >= 15 is 0 Å². The summed E-state index contributed by atoms with van der Waals surface area (Å²) in [6, 6.07) is 18.2. The second-order valence-corrected chi connectivity index (χ2v) is 6.68. The molecule has 0 aromatic heterocycles. The molecule has 0 atom stereocenters. The van der Waals surface area contributed by atoms with Crippen LogP contribution in [0.2, 0.25) is 0 Å². The van der Waals surface area contributed by atoms with Crippen LogP contribution in [-0.2, 0) is 10.2 Å². The van der Waals surface area contributed by atoms with E-state index in [1.807, 2.05) is 48.5 Å². The van der Waals surface area contributed by atoms with Crippen LogP contribution in [-0.4, -0.2) is 19.6 Å². The average Bonchev–Trinajstić information content (AvgIpc) is 3.16. The molecule has 0 bridgehead atoms. The molecule has 2 aromatic carbocycles. The highest BCUT2D eigenvalue weighted by Gasteiger charge is 2.35. The average molecular weight is 335 g/mol. The van der Waals surface area contributed by atoms with Crippen molar-refractivity contribution in [1.82, 2.24) is 5.32 Å². The topological polar surface area (TPSA) is 38.3 Å². The summed E-state index contributed by atoms with van der Waals surface area (Å²) < 4.78 is 5.26. The second kappa shape index (κ2) is 8.02. The van der Waals surface area contributed by atoms with E-state index in [0.717, 1.165) is 24.2 Å². The number of hydrogen-bond donors (Lipinski definition) is 1. The quantitative estimate of drug-likeness (QED) is 0.798. The van der Waals surface area contributed by atoms with Gasteiger partial charge in [-0.1, -0.05) is 55.3 Å². The van der Waals surface area contributed by atoms with Crippen molar-refractivity contribution in [3.05, 3.63) is 71.8 Å². The molecule has 0 spiro atoms. The standard InChI is InChI=1S/C22H25NO2/c1-25-20-12-10-19(11-13-20)22(15-5-6-16-22)17-23-21(24)14-9-18-7-3-2-4-8-18/h2-4,7-14H,5-6,15-17H2,1H3,(H,23,24)/b14-9+. The number of hydrogen-bond acceptors (Lipinski definition) is 2. The van der Waals surface area contributed by atoms with E-state index in [1.54, 1.807) is 13.2 Å². The van der Waals surface area contributed by atoms with Gasteiger partial charge in [0.1, 0.15) is 5.75 Å². The molecule has 0 radical (unpaired) electrons. The van der Waals surface area contributed by atoms with Gasteiger partial charge in [-0.3, -0.25) is 4.79 Å². The van der Waals surface area contributed by atoms with Gasteiger partial charge in [0, 0.05) is 18.0 Å². The summed E-state index contributed by atoms with van der Waals surface area (Å²) in [5, 5.41) is 3.11. The maximum atomic E-state index is 12.2. The van der Waals surface area contributed by atoms with Crippen LogP contribution in [0.5, 0.6) is 5.75 Å². The molecule has 2 aromatic rings. The molecule has 0 heterocycles. The summed E-state index contributed by atoms with van der Waals surface area (Å²) in [5.41, 5.74) is 2.37. The van der Waals surface area contributed by atoms with E-state index < -0.39 is 0 Å². The third kappa shape index (κ3) is 4.30. The van der Waals surface area contributed by atoms with Crippen molar-refractivity contribution in [2.24, 2.45) is 0 Å². The van der Waals surface area contributed by atoms with Gasteiger partial charge in [-0.2, -0.15) is 0 Å². The summed E-state index contributed by atoms with van der Waals surface area (Å²) in [5.74, 6) is 0.829. The number of methoxy groups -OCH3 is 1. The van der Waals surface area contributed by atoms with E-state index in [1.165, 1.54) is 18.4 Å². The maximum absolute atomic E-state index is 12.2. The molecule has 3 rings (SSSR count). The highest BCUT2D eigenvalue weighted by atomic mass is 16.5. The smallest absolute Gasteiger partial charge is 0.244 e. The van der Waals surface area contributed by atoms with Gasteiger partial charge in [0.2, 0.25) is 5.91 Å². The van der Waals surface area contributed by atoms with Crippen LogP contribution in [0, 0.1) is 0 Å². The van der Waals surface area contributed by atoms with Crippen molar-refractivity contribution in [2.45, 2.75) is 31.1 Å². The van der Waals surface area contributed by atoms with Crippen LogP contribution >= 0.6 is 0 Å². The molecule has 1 aliphatic rings. The number of nitrogens with one attached hydrogen (secondary N) is 1. The zero-order valence-corrected chi connectivity index (χ0v) is 14.7. The van der Waals surface area contributed by atoms with Gasteiger partial charge in [-0.25, -0.2) is 0 Å². The van der Waals surface area contributed by atoms with Crippen molar-refractivity contribution in [1.29, 1.82) is 0 Å². The Morgan fingerprint density at radius 3 is 2.40 bits per heavy atom. The number of carbonyl (C=O) groups excluding carboxylic acids is 1. The van der Waals surface area contributed by atoms with E-state index in [4.69, 9.17) is 4.74 Å². The van der Waals surface area contributed by atoms with E-state index in [0.29, 0.717) is 6.54 Å². The Hall–Kier alpha value is -2.55. The Kier molecular flexibility index (Phi) is 5.54. The molecule has 3 heteroatoms. The van der Waals surface area contributed by atoms with Gasteiger partial charge < -0.3 is 10.1 Å². The van der Waals surface area contributed by atoms with Gasteiger partial charge in [-0.15, -0.1) is 0 Å². The first-order valence-electron chi connectivity index (χ1n) is 8.87. The fourth-order valence-electron chi connectivity index (χ4n) is 3.62. The minimum Gasteiger partial charge on any atom is -0.497 e. The van der Waals surface area contributed by atoms with E-state index in [2.05, 4.69) is 17.4 Å². The first-order chi connectivity index (χ1) is 12.2. The Morgan fingerprint density at radius 2 is 1.76 bits per heavy atom. The van der Waals surface area contributed by atoms with Crippen molar-refractivity contribution >= 4 is 12.0 Å². The molecule has 3 nitrogen and oxygen atoms in total. The van der Waals surface area contributed by atoms with Crippen molar-refractivity contribution < 1.29 is 9.53 Å². The monoisotopic (exact) mass is 335 g/mol. The lowest BCUT2D eigenvalue weighted by Crippen LogP contribution is -2.38. The molecule has 1 fully saturated rings. The fourth-order valence-corrected chi connectivity index (χ4v) is 3.62. The zero-order valence-electron chi connectivity index (χ0n) is 14.7. The Morgan fingerprint density at radius 1 is 1.08 bits per heavy atom. The third-order valence-electron chi connectivity index (χ3n) is 5.09. The van der Waals surface area contributed by atoms with Gasteiger partial charge in [0.05, 0.1) is 7.11 Å². The molecular formula is C22H25NO2. The predicted molar refractivity (Wildman–Crippen MR) is 102 cm³/mol. The largest absolute Gasteiger partial charge is 0.497 e. The molecule has 0 aliphatic heterocycles. The second-order valence-electron chi connectivity index (χ2n) is 6.68. The maximum Gasteiger partial charge on any atom is 0.244 e. The minimum atomic E-state index is -0.0383. The lowest BCUT2D eigenvalue weighted by Gasteiger charge is -2.30. The molecule has 130 valence electrons. The normalized spacial score (nSPS) is 16.0. The Bertz CT molecular complexity index is 713. The number of ether oxygens (including phenoxy) is 1. The molecule has 0 saturated heterocycles. The first-order valence-corrected chi connectivity index (χ1v) is 8.87. The summed E-state index contributed by atoms with van der Waals surface area (Å²) in [6.07, 6.45) is 8.11. The van der Waals surface area contributed by atoms with Crippen LogP contribution in [0.4, 0.5) is 0 Å². The van der Waals surface area contributed by atoms with Crippen molar-refractivity contribution in [2.75, 3.05) is 13.7 Å². The van der Waals surface area contributed by atoms with Crippen molar-refractivity contribution in [3.8, 4) is 5.75 Å². The van der Waals surface area contributed by atoms with Crippen LogP contribution < -0.4 is 10.1 Å². The number of benzene rings is 2. The van der Waals surface area contributed by atoms with Crippen LogP contribution in [0.15, 0.2) is 60.7 Å². The van der Waals surface area contributed by atoms with Crippen molar-refractivity contribution in [3.63, 3.8) is 0 Å². The zero-order chi connectivity index (χ0) is 17.5. The summed E-state index contributed by atoms with van der Waals surface area (Å²) >= 11 is 0. The summed E-state index contributed by atoms with van der Waals surface area (Å²) in [6.45, 7) is 0.678. The van der Waals surface area contributed by atoms with Crippen LogP contribution in [0.3, 0.4) is 0 Å². The molecule has 25 heavy (non-hydrogen) atoms. The SMILES string of the molecule is COc1ccc(C2(CNC(=O)/C=C/c3ccccc3)CCCC2)cc1. The molecule has 1 aliphatic carbocycles. The number of rotatable bonds is 6. The lowest BCUT2D eigenvalue weighted by atomic mass is 9.78. The molecule has 0 unspecified atom stereocenters. The van der Waals surface area contributed by atoms with E-state index in [9.17, 15) is 4.79 Å². The lowest BCUT2D eigenvalue weighted by molar-refractivity contribution is -0.116. The fraction of sp³-hybridized carbons (Fsp3) is 0.318. The highest BCUT2D eigenvalue weighted by Crippen LogP contribution is 2.41. The molecular weight excluding hydrogens is 310 g/mol. The van der Waals surface area contributed by atoms with Gasteiger partial charge >= 0.3 is 0 Å². The van der Waals surface area contributed by atoms with Gasteiger partial charge in [0.25, 0.3) is 0 Å². The van der Waals surface area contributed by atoms with Crippen LogP contribution in [0.1, 0.15) is 36.8 Å². The minimum absolute atomic E-state index is 0.0383. The predicted octanol–water partition coefficient (Wildman–Crippen LogP) is 4.34. The third-order valence-corrected chi connectivity index (χ3v) is 5.09. The molecule has 1 N–H and O–H groups in total. The highest BCUT2D eigenvalue weighted by molar-refractivity contribution is 5.91. The number of amides is 1. The van der Waals surface area contributed by atoms with Gasteiger partial charge in [-0.05, 0) is 42.2 Å². The Labute approximate surface area is 149 Å². The molecule has 1 saturated carbocycles.